The molecule has 0 aliphatic carbocycles. The Morgan fingerprint density at radius 3 is 2.83 bits per heavy atom. The van der Waals surface area contributed by atoms with Crippen molar-refractivity contribution in [3.8, 4) is 23.2 Å². The van der Waals surface area contributed by atoms with Crippen LogP contribution in [0.5, 0.6) is 5.75 Å². The first-order chi connectivity index (χ1) is 11.2. The van der Waals surface area contributed by atoms with Gasteiger partial charge in [0.15, 0.2) is 4.90 Å². The molecule has 23 heavy (non-hydrogen) atoms. The van der Waals surface area contributed by atoms with Crippen LogP contribution in [0.4, 0.5) is 0 Å². The lowest BCUT2D eigenvalue weighted by Gasteiger charge is -2.11. The number of hydrogen-bond acceptors (Lipinski definition) is 4. The van der Waals surface area contributed by atoms with E-state index in [-0.39, 0.29) is 0 Å². The van der Waals surface area contributed by atoms with Gasteiger partial charge < -0.3 is 14.3 Å². The number of imidazole rings is 1. The highest BCUT2D eigenvalue weighted by molar-refractivity contribution is 7.91. The molecule has 0 amide bonds. The molecule has 0 aliphatic rings. The van der Waals surface area contributed by atoms with Crippen LogP contribution in [-0.4, -0.2) is 27.4 Å². The third kappa shape index (κ3) is 2.89. The summed E-state index contributed by atoms with van der Waals surface area (Å²) in [6.07, 6.45) is 0. The molecule has 5 nitrogen and oxygen atoms in total. The van der Waals surface area contributed by atoms with Gasteiger partial charge in [0.05, 0.1) is 35.3 Å². The number of fused-ring (bicyclic) bond motifs is 1. The van der Waals surface area contributed by atoms with E-state index in [4.69, 9.17) is 10.00 Å². The zero-order valence-corrected chi connectivity index (χ0v) is 13.6. The van der Waals surface area contributed by atoms with Gasteiger partial charge in [-0.2, -0.15) is 5.26 Å². The molecule has 0 radical (unpaired) electrons. The molecular weight excluding hydrogens is 310 g/mol. The van der Waals surface area contributed by atoms with Crippen LogP contribution in [0, 0.1) is 11.3 Å². The topological polar surface area (TPSA) is 84.8 Å². The van der Waals surface area contributed by atoms with E-state index in [9.17, 15) is 4.55 Å². The third-order valence-electron chi connectivity index (χ3n) is 3.57. The molecule has 1 unspecified atom stereocenters. The molecule has 0 spiro atoms. The molecule has 6 heteroatoms. The van der Waals surface area contributed by atoms with Crippen LogP contribution in [-0.2, 0) is 11.2 Å². The number of hydrogen-bond donors (Lipinski definition) is 1. The van der Waals surface area contributed by atoms with Crippen LogP contribution in [0.3, 0.4) is 0 Å². The van der Waals surface area contributed by atoms with E-state index in [1.165, 1.54) is 0 Å². The minimum Gasteiger partial charge on any atom is -0.611 e. The molecule has 0 saturated heterocycles. The Kier molecular flexibility index (Phi) is 4.24. The van der Waals surface area contributed by atoms with Gasteiger partial charge >= 0.3 is 0 Å². The lowest BCUT2D eigenvalue weighted by atomic mass is 10.2. The van der Waals surface area contributed by atoms with E-state index in [1.807, 2.05) is 25.1 Å². The SMILES string of the molecule is CC[S+]([O-])c1ccc(-c2nc3cc(C#N)ccc3[nH]2)c(OC)c1. The van der Waals surface area contributed by atoms with Gasteiger partial charge in [-0.1, -0.05) is 0 Å². The summed E-state index contributed by atoms with van der Waals surface area (Å²) in [5.41, 5.74) is 2.93. The normalized spacial score (nSPS) is 12.1. The fourth-order valence-electron chi connectivity index (χ4n) is 2.38. The second kappa shape index (κ2) is 6.32. The molecule has 116 valence electrons. The van der Waals surface area contributed by atoms with E-state index in [1.54, 1.807) is 25.3 Å². The summed E-state index contributed by atoms with van der Waals surface area (Å²) >= 11 is -1.03. The summed E-state index contributed by atoms with van der Waals surface area (Å²) < 4.78 is 17.4. The number of ether oxygens (including phenoxy) is 1. The molecule has 1 heterocycles. The maximum atomic E-state index is 11.9. The standard InChI is InChI=1S/C17H15N3O2S/c1-3-23(21)12-5-6-13(16(9-12)22-2)17-19-14-7-4-11(10-18)8-15(14)20-17/h4-9H,3H2,1-2H3,(H,19,20). The molecule has 2 aromatic carbocycles. The molecule has 0 aliphatic heterocycles. The van der Waals surface area contributed by atoms with Gasteiger partial charge in [0.1, 0.15) is 17.3 Å². The summed E-state index contributed by atoms with van der Waals surface area (Å²) in [4.78, 5) is 8.49. The third-order valence-corrected chi connectivity index (χ3v) is 4.87. The Labute approximate surface area is 137 Å². The summed E-state index contributed by atoms with van der Waals surface area (Å²) in [5.74, 6) is 1.83. The van der Waals surface area contributed by atoms with Crippen molar-refractivity contribution >= 4 is 22.2 Å². The summed E-state index contributed by atoms with van der Waals surface area (Å²) in [5, 5.41) is 8.97. The first-order valence-corrected chi connectivity index (χ1v) is 8.44. The number of H-pyrrole nitrogens is 1. The van der Waals surface area contributed by atoms with Gasteiger partial charge in [0, 0.05) is 6.07 Å². The van der Waals surface area contributed by atoms with E-state index >= 15 is 0 Å². The molecule has 3 aromatic rings. The van der Waals surface area contributed by atoms with Crippen molar-refractivity contribution in [2.75, 3.05) is 12.9 Å². The highest BCUT2D eigenvalue weighted by Gasteiger charge is 2.16. The van der Waals surface area contributed by atoms with Gasteiger partial charge in [0.25, 0.3) is 0 Å². The number of aromatic nitrogens is 2. The number of aromatic amines is 1. The predicted molar refractivity (Wildman–Crippen MR) is 89.7 cm³/mol. The fraction of sp³-hybridized carbons (Fsp3) is 0.176. The molecule has 0 bridgehead atoms. The zero-order chi connectivity index (χ0) is 16.4. The Bertz CT molecular complexity index is 898. The number of nitriles is 1. The zero-order valence-electron chi connectivity index (χ0n) is 12.8. The number of rotatable bonds is 4. The minimum absolute atomic E-state index is 0.560. The van der Waals surface area contributed by atoms with Gasteiger partial charge in [-0.05, 0) is 48.4 Å². The molecule has 3 rings (SSSR count). The maximum absolute atomic E-state index is 11.9. The van der Waals surface area contributed by atoms with E-state index in [0.717, 1.165) is 21.5 Å². The fourth-order valence-corrected chi connectivity index (χ4v) is 3.17. The van der Waals surface area contributed by atoms with E-state index < -0.39 is 11.2 Å². The van der Waals surface area contributed by atoms with Crippen LogP contribution < -0.4 is 4.74 Å². The van der Waals surface area contributed by atoms with Crippen molar-refractivity contribution in [1.29, 1.82) is 5.26 Å². The quantitative estimate of drug-likeness (QED) is 0.746. The molecular formula is C17H15N3O2S. The van der Waals surface area contributed by atoms with Crippen molar-refractivity contribution in [2.24, 2.45) is 0 Å². The van der Waals surface area contributed by atoms with Crippen LogP contribution in [0.15, 0.2) is 41.3 Å². The predicted octanol–water partition coefficient (Wildman–Crippen LogP) is 3.24. The highest BCUT2D eigenvalue weighted by Crippen LogP contribution is 2.32. The van der Waals surface area contributed by atoms with Gasteiger partial charge in [-0.15, -0.1) is 0 Å². The highest BCUT2D eigenvalue weighted by atomic mass is 32.2. The van der Waals surface area contributed by atoms with Crippen molar-refractivity contribution in [1.82, 2.24) is 9.97 Å². The number of nitrogens with one attached hydrogen (secondary N) is 1. The number of nitrogens with zero attached hydrogens (tertiary/aromatic N) is 2. The summed E-state index contributed by atoms with van der Waals surface area (Å²) in [6.45, 7) is 1.88. The van der Waals surface area contributed by atoms with Crippen molar-refractivity contribution in [2.45, 2.75) is 11.8 Å². The Morgan fingerprint density at radius 1 is 1.30 bits per heavy atom. The first-order valence-electron chi connectivity index (χ1n) is 7.13. The molecule has 0 fully saturated rings. The lowest BCUT2D eigenvalue weighted by molar-refractivity contribution is 0.415. The molecule has 1 aromatic heterocycles. The number of benzene rings is 2. The monoisotopic (exact) mass is 325 g/mol. The van der Waals surface area contributed by atoms with Crippen LogP contribution in [0.1, 0.15) is 12.5 Å². The smallest absolute Gasteiger partial charge is 0.156 e. The first kappa shape index (κ1) is 15.4. The van der Waals surface area contributed by atoms with Gasteiger partial charge in [-0.25, -0.2) is 4.98 Å². The van der Waals surface area contributed by atoms with E-state index in [2.05, 4.69) is 16.0 Å². The van der Waals surface area contributed by atoms with Crippen molar-refractivity contribution in [3.05, 3.63) is 42.0 Å². The largest absolute Gasteiger partial charge is 0.611 e. The maximum Gasteiger partial charge on any atom is 0.156 e. The summed E-state index contributed by atoms with van der Waals surface area (Å²) in [7, 11) is 1.58. The van der Waals surface area contributed by atoms with Crippen molar-refractivity contribution < 1.29 is 9.29 Å². The average Bonchev–Trinajstić information content (AvgIpc) is 3.03. The molecule has 1 atom stereocenters. The number of methoxy groups -OCH3 is 1. The molecule has 1 N–H and O–H groups in total. The summed E-state index contributed by atoms with van der Waals surface area (Å²) in [6, 6.07) is 12.9. The second-order valence-corrected chi connectivity index (χ2v) is 6.67. The Hall–Kier alpha value is -2.49. The minimum atomic E-state index is -1.03. The lowest BCUT2D eigenvalue weighted by Crippen LogP contribution is -2.04. The average molecular weight is 325 g/mol. The Morgan fingerprint density at radius 2 is 2.13 bits per heavy atom. The van der Waals surface area contributed by atoms with Gasteiger partial charge in [-0.3, -0.25) is 0 Å². The van der Waals surface area contributed by atoms with E-state index in [0.29, 0.717) is 22.9 Å². The molecule has 0 saturated carbocycles. The van der Waals surface area contributed by atoms with Crippen LogP contribution in [0.2, 0.25) is 0 Å². The van der Waals surface area contributed by atoms with Crippen molar-refractivity contribution in [3.63, 3.8) is 0 Å². The van der Waals surface area contributed by atoms with Crippen LogP contribution in [0.25, 0.3) is 22.4 Å². The van der Waals surface area contributed by atoms with Gasteiger partial charge in [0.2, 0.25) is 0 Å². The Balaban J connectivity index is 2.09. The second-order valence-electron chi connectivity index (χ2n) is 4.93. The van der Waals surface area contributed by atoms with Crippen LogP contribution >= 0.6 is 0 Å².